The molecule has 1 unspecified atom stereocenters. The van der Waals surface area contributed by atoms with E-state index >= 15 is 0 Å². The highest BCUT2D eigenvalue weighted by Crippen LogP contribution is 2.39. The smallest absolute Gasteiger partial charge is 0.328 e. The predicted octanol–water partition coefficient (Wildman–Crippen LogP) is 2.78. The van der Waals surface area contributed by atoms with Crippen molar-refractivity contribution in [1.29, 1.82) is 0 Å². The first-order valence-corrected chi connectivity index (χ1v) is 16.8. The molecule has 0 bridgehead atoms. The van der Waals surface area contributed by atoms with Crippen LogP contribution in [0.1, 0.15) is 52.0 Å². The Kier molecular flexibility index (Phi) is 10.4. The lowest BCUT2D eigenvalue weighted by atomic mass is 9.80. The van der Waals surface area contributed by atoms with Gasteiger partial charge < -0.3 is 40.7 Å². The van der Waals surface area contributed by atoms with Crippen LogP contribution >= 0.6 is 0 Å². The Morgan fingerprint density at radius 2 is 1.40 bits per heavy atom. The molecule has 3 heterocycles. The molecule has 1 atom stereocenters. The summed E-state index contributed by atoms with van der Waals surface area (Å²) < 4.78 is 0. The number of nitrogens with one attached hydrogen (secondary N) is 3. The van der Waals surface area contributed by atoms with Gasteiger partial charge in [0.2, 0.25) is 11.8 Å². The first-order valence-electron chi connectivity index (χ1n) is 16.8. The van der Waals surface area contributed by atoms with Crippen LogP contribution in [-0.2, 0) is 19.9 Å². The van der Waals surface area contributed by atoms with E-state index in [4.69, 9.17) is 0 Å². The number of nitrogens with zero attached hydrogens (tertiary/aromatic N) is 4. The van der Waals surface area contributed by atoms with E-state index in [9.17, 15) is 29.1 Å². The molecule has 3 fully saturated rings. The minimum absolute atomic E-state index is 0.0589. The van der Waals surface area contributed by atoms with E-state index in [1.54, 1.807) is 9.80 Å². The molecule has 0 aliphatic carbocycles. The van der Waals surface area contributed by atoms with Gasteiger partial charge in [0.05, 0.1) is 18.8 Å². The summed E-state index contributed by atoms with van der Waals surface area (Å²) in [5.74, 6) is -1.49. The van der Waals surface area contributed by atoms with E-state index in [1.807, 2.05) is 86.3 Å². The minimum atomic E-state index is -1.35. The van der Waals surface area contributed by atoms with Gasteiger partial charge >= 0.3 is 18.0 Å². The maximum Gasteiger partial charge on any atom is 0.328 e. The number of rotatable bonds is 9. The van der Waals surface area contributed by atoms with Crippen molar-refractivity contribution in [2.24, 2.45) is 5.92 Å². The SMILES string of the molecule is CCN1CN(c2ccccc2)C2(CCN(C(=O)NCC(NC(=O)N3CCC(NC(=O)C(C)C)(c4ccccc4)CC3)C(=O)O)CC2)C1=O. The lowest BCUT2D eigenvalue weighted by Crippen LogP contribution is -2.60. The average Bonchev–Trinajstić information content (AvgIpc) is 3.37. The standard InChI is InChI=1S/C35H47N7O6/c1-4-39-24-42(27-13-9-6-10-14-27)35(31(39)46)17-21-40(22-18-35)32(47)36-23-28(30(44)45)37-33(48)41-19-15-34(16-20-41,38-29(43)25(2)3)26-11-7-5-8-12-26/h5-14,25,28H,4,15-24H2,1-3H3,(H,36,47)(H,37,48)(H,38,43)(H,44,45). The van der Waals surface area contributed by atoms with Gasteiger partial charge in [-0.25, -0.2) is 14.4 Å². The summed E-state index contributed by atoms with van der Waals surface area (Å²) in [6.07, 6.45) is 1.82. The number of urea groups is 2. The molecule has 3 saturated heterocycles. The van der Waals surface area contributed by atoms with Crippen LogP contribution in [0, 0.1) is 5.92 Å². The van der Waals surface area contributed by atoms with Gasteiger partial charge in [-0.1, -0.05) is 62.4 Å². The predicted molar refractivity (Wildman–Crippen MR) is 180 cm³/mol. The van der Waals surface area contributed by atoms with Crippen LogP contribution in [0.5, 0.6) is 0 Å². The molecule has 2 aromatic carbocycles. The first kappa shape index (κ1) is 34.5. The van der Waals surface area contributed by atoms with Crippen molar-refractivity contribution in [2.75, 3.05) is 50.8 Å². The van der Waals surface area contributed by atoms with E-state index in [-0.39, 0.29) is 24.3 Å². The molecule has 0 radical (unpaired) electrons. The van der Waals surface area contributed by atoms with Crippen LogP contribution in [0.15, 0.2) is 60.7 Å². The highest BCUT2D eigenvalue weighted by atomic mass is 16.4. The number of carbonyl (C=O) groups is 5. The largest absolute Gasteiger partial charge is 0.480 e. The van der Waals surface area contributed by atoms with Gasteiger partial charge in [0.15, 0.2) is 0 Å². The second kappa shape index (κ2) is 14.5. The van der Waals surface area contributed by atoms with Crippen LogP contribution in [-0.4, -0.2) is 107 Å². The van der Waals surface area contributed by atoms with Gasteiger partial charge in [0, 0.05) is 44.3 Å². The summed E-state index contributed by atoms with van der Waals surface area (Å²) in [5.41, 5.74) is 0.541. The molecule has 13 heteroatoms. The number of carboxylic acid groups (broad SMARTS) is 1. The third-order valence-corrected chi connectivity index (χ3v) is 10.0. The van der Waals surface area contributed by atoms with E-state index in [0.717, 1.165) is 11.3 Å². The Bertz CT molecular complexity index is 1470. The molecular weight excluding hydrogens is 614 g/mol. The zero-order chi connectivity index (χ0) is 34.5. The minimum Gasteiger partial charge on any atom is -0.480 e. The van der Waals surface area contributed by atoms with Gasteiger partial charge in [-0.15, -0.1) is 0 Å². The number of amides is 6. The van der Waals surface area contributed by atoms with Crippen molar-refractivity contribution in [3.63, 3.8) is 0 Å². The molecular formula is C35H47N7O6. The summed E-state index contributed by atoms with van der Waals surface area (Å²) >= 11 is 0. The Hall–Kier alpha value is -4.81. The van der Waals surface area contributed by atoms with Crippen molar-refractivity contribution in [3.8, 4) is 0 Å². The lowest BCUT2D eigenvalue weighted by molar-refractivity contribution is -0.139. The summed E-state index contributed by atoms with van der Waals surface area (Å²) in [5, 5.41) is 18.3. The van der Waals surface area contributed by atoms with E-state index in [2.05, 4.69) is 20.9 Å². The van der Waals surface area contributed by atoms with Crippen LogP contribution in [0.2, 0.25) is 0 Å². The monoisotopic (exact) mass is 661 g/mol. The van der Waals surface area contributed by atoms with E-state index in [1.165, 1.54) is 0 Å². The quantitative estimate of drug-likeness (QED) is 0.322. The molecule has 1 spiro atoms. The number of carbonyl (C=O) groups excluding carboxylic acids is 4. The van der Waals surface area contributed by atoms with Crippen LogP contribution < -0.4 is 20.9 Å². The highest BCUT2D eigenvalue weighted by Gasteiger charge is 2.53. The molecule has 0 saturated carbocycles. The first-order chi connectivity index (χ1) is 23.0. The maximum absolute atomic E-state index is 13.5. The third kappa shape index (κ3) is 7.04. The second-order valence-corrected chi connectivity index (χ2v) is 13.2. The Morgan fingerprint density at radius 1 is 0.833 bits per heavy atom. The van der Waals surface area contributed by atoms with Crippen LogP contribution in [0.25, 0.3) is 0 Å². The van der Waals surface area contributed by atoms with E-state index < -0.39 is 35.2 Å². The number of hydrogen-bond acceptors (Lipinski definition) is 6. The van der Waals surface area contributed by atoms with Gasteiger partial charge in [0.1, 0.15) is 11.6 Å². The van der Waals surface area contributed by atoms with Gasteiger partial charge in [0.25, 0.3) is 0 Å². The highest BCUT2D eigenvalue weighted by molar-refractivity contribution is 5.94. The fourth-order valence-electron chi connectivity index (χ4n) is 6.98. The van der Waals surface area contributed by atoms with Crippen molar-refractivity contribution in [1.82, 2.24) is 30.7 Å². The van der Waals surface area contributed by atoms with Crippen molar-refractivity contribution < 1.29 is 29.1 Å². The number of benzene rings is 2. The number of likely N-dealkylation sites (tertiary alicyclic amines) is 2. The Morgan fingerprint density at radius 3 is 1.96 bits per heavy atom. The topological polar surface area (TPSA) is 155 Å². The number of piperidine rings is 2. The van der Waals surface area contributed by atoms with Crippen molar-refractivity contribution in [3.05, 3.63) is 66.2 Å². The molecule has 3 aliphatic heterocycles. The molecule has 2 aromatic rings. The second-order valence-electron chi connectivity index (χ2n) is 13.2. The van der Waals surface area contributed by atoms with Crippen molar-refractivity contribution >= 4 is 35.5 Å². The summed E-state index contributed by atoms with van der Waals surface area (Å²) in [4.78, 5) is 71.8. The Labute approximate surface area is 281 Å². The van der Waals surface area contributed by atoms with Gasteiger partial charge in [-0.05, 0) is 50.3 Å². The zero-order valence-corrected chi connectivity index (χ0v) is 28.0. The molecule has 0 aromatic heterocycles. The van der Waals surface area contributed by atoms with E-state index in [0.29, 0.717) is 65.1 Å². The van der Waals surface area contributed by atoms with Gasteiger partial charge in [-0.3, -0.25) is 9.59 Å². The van der Waals surface area contributed by atoms with Crippen LogP contribution in [0.4, 0.5) is 15.3 Å². The molecule has 13 nitrogen and oxygen atoms in total. The fraction of sp³-hybridized carbons (Fsp3) is 0.514. The number of carboxylic acids is 1. The average molecular weight is 662 g/mol. The molecule has 48 heavy (non-hydrogen) atoms. The zero-order valence-electron chi connectivity index (χ0n) is 28.0. The summed E-state index contributed by atoms with van der Waals surface area (Å²) in [7, 11) is 0. The molecule has 258 valence electrons. The summed E-state index contributed by atoms with van der Waals surface area (Å²) in [6.45, 7) is 7.67. The normalized spacial score (nSPS) is 19.3. The maximum atomic E-state index is 13.5. The van der Waals surface area contributed by atoms with Crippen molar-refractivity contribution in [2.45, 2.75) is 63.6 Å². The number of para-hydroxylation sites is 1. The molecule has 3 aliphatic rings. The third-order valence-electron chi connectivity index (χ3n) is 10.0. The number of aliphatic carboxylic acids is 1. The summed E-state index contributed by atoms with van der Waals surface area (Å²) in [6, 6.07) is 17.1. The lowest BCUT2D eigenvalue weighted by Gasteiger charge is -2.43. The fourth-order valence-corrected chi connectivity index (χ4v) is 6.98. The number of anilines is 1. The molecule has 4 N–H and O–H groups in total. The van der Waals surface area contributed by atoms with Gasteiger partial charge in [-0.2, -0.15) is 0 Å². The molecule has 6 amide bonds. The number of hydrogen-bond donors (Lipinski definition) is 4. The Balaban J connectivity index is 1.15. The van der Waals surface area contributed by atoms with Crippen LogP contribution in [0.3, 0.4) is 0 Å². The molecule has 5 rings (SSSR count). The number of likely N-dealkylation sites (N-methyl/N-ethyl adjacent to an activating group) is 1.